The van der Waals surface area contributed by atoms with E-state index in [0.717, 1.165) is 31.6 Å². The number of nitrogens with zero attached hydrogens (tertiary/aromatic N) is 2. The van der Waals surface area contributed by atoms with E-state index in [-0.39, 0.29) is 18.1 Å². The molecule has 20 heavy (non-hydrogen) atoms. The van der Waals surface area contributed by atoms with Crippen molar-refractivity contribution in [3.05, 3.63) is 18.3 Å². The molecule has 0 saturated carbocycles. The Balaban J connectivity index is 2.03. The van der Waals surface area contributed by atoms with Crippen LogP contribution >= 0.6 is 0 Å². The average Bonchev–Trinajstić information content (AvgIpc) is 2.93. The zero-order chi connectivity index (χ0) is 14.5. The van der Waals surface area contributed by atoms with Crippen molar-refractivity contribution >= 4 is 11.6 Å². The Hall–Kier alpha value is -1.78. The second-order valence-electron chi connectivity index (χ2n) is 5.42. The number of nitrogens with one attached hydrogen (secondary N) is 1. The highest BCUT2D eigenvalue weighted by Crippen LogP contribution is 2.23. The molecule has 1 amide bonds. The number of hydrogen-bond donors (Lipinski definition) is 1. The van der Waals surface area contributed by atoms with E-state index >= 15 is 0 Å². The summed E-state index contributed by atoms with van der Waals surface area (Å²) in [5.41, 5.74) is 0.765. The summed E-state index contributed by atoms with van der Waals surface area (Å²) in [6.07, 6.45) is 3.95. The lowest BCUT2D eigenvalue weighted by atomic mass is 10.2. The molecule has 110 valence electrons. The van der Waals surface area contributed by atoms with Crippen molar-refractivity contribution in [2.75, 3.05) is 18.4 Å². The quantitative estimate of drug-likeness (QED) is 0.897. The van der Waals surface area contributed by atoms with Gasteiger partial charge in [0.15, 0.2) is 0 Å². The Morgan fingerprint density at radius 1 is 1.35 bits per heavy atom. The largest absolute Gasteiger partial charge is 0.473 e. The second-order valence-corrected chi connectivity index (χ2v) is 5.42. The van der Waals surface area contributed by atoms with Crippen molar-refractivity contribution in [2.24, 2.45) is 0 Å². The van der Waals surface area contributed by atoms with Crippen molar-refractivity contribution in [1.29, 1.82) is 0 Å². The maximum atomic E-state index is 12.3. The van der Waals surface area contributed by atoms with E-state index < -0.39 is 0 Å². The normalized spacial score (nSPS) is 16.3. The Bertz CT molecular complexity index is 456. The van der Waals surface area contributed by atoms with Gasteiger partial charge in [-0.05, 0) is 45.7 Å². The predicted molar refractivity (Wildman–Crippen MR) is 78.9 cm³/mol. The fourth-order valence-corrected chi connectivity index (χ4v) is 2.32. The first-order valence-electron chi connectivity index (χ1n) is 7.25. The van der Waals surface area contributed by atoms with E-state index in [1.165, 1.54) is 0 Å². The maximum Gasteiger partial charge on any atom is 0.244 e. The van der Waals surface area contributed by atoms with Gasteiger partial charge in [0.25, 0.3) is 0 Å². The lowest BCUT2D eigenvalue weighted by Gasteiger charge is -2.23. The van der Waals surface area contributed by atoms with Gasteiger partial charge in [0, 0.05) is 19.3 Å². The summed E-state index contributed by atoms with van der Waals surface area (Å²) in [7, 11) is 0. The zero-order valence-corrected chi connectivity index (χ0v) is 12.4. The molecular weight excluding hydrogens is 254 g/mol. The van der Waals surface area contributed by atoms with E-state index in [0.29, 0.717) is 5.88 Å². The lowest BCUT2D eigenvalue weighted by molar-refractivity contribution is -0.130. The molecule has 1 N–H and O–H groups in total. The highest BCUT2D eigenvalue weighted by atomic mass is 16.5. The molecule has 0 radical (unpaired) electrons. The van der Waals surface area contributed by atoms with Crippen LogP contribution < -0.4 is 10.1 Å². The Morgan fingerprint density at radius 2 is 2.05 bits per heavy atom. The van der Waals surface area contributed by atoms with Crippen LogP contribution in [0.3, 0.4) is 0 Å². The number of carbonyl (C=O) groups excluding carboxylic acids is 1. The minimum absolute atomic E-state index is 0.0510. The second kappa shape index (κ2) is 6.59. The number of rotatable bonds is 5. The van der Waals surface area contributed by atoms with Crippen molar-refractivity contribution < 1.29 is 9.53 Å². The minimum Gasteiger partial charge on any atom is -0.473 e. The molecule has 5 heteroatoms. The molecule has 2 heterocycles. The van der Waals surface area contributed by atoms with Crippen LogP contribution in [-0.4, -0.2) is 41.0 Å². The van der Waals surface area contributed by atoms with Crippen LogP contribution in [0.1, 0.15) is 33.6 Å². The molecule has 2 rings (SSSR count). The molecule has 0 aromatic carbocycles. The molecule has 1 unspecified atom stereocenters. The predicted octanol–water partition coefficient (Wildman–Crippen LogP) is 2.29. The number of anilines is 1. The van der Waals surface area contributed by atoms with Gasteiger partial charge in [0.1, 0.15) is 6.04 Å². The van der Waals surface area contributed by atoms with Crippen LogP contribution in [-0.2, 0) is 4.79 Å². The molecular formula is C15H23N3O2. The Labute approximate surface area is 120 Å². The molecule has 1 atom stereocenters. The molecule has 0 aliphatic carbocycles. The first kappa shape index (κ1) is 14.6. The highest BCUT2D eigenvalue weighted by Gasteiger charge is 2.23. The fourth-order valence-electron chi connectivity index (χ4n) is 2.32. The SMILES string of the molecule is CC(C)Oc1ncccc1NC(C)C(=O)N1CCCC1. The number of amides is 1. The minimum atomic E-state index is -0.271. The summed E-state index contributed by atoms with van der Waals surface area (Å²) in [4.78, 5) is 18.4. The summed E-state index contributed by atoms with van der Waals surface area (Å²) >= 11 is 0. The monoisotopic (exact) mass is 277 g/mol. The topological polar surface area (TPSA) is 54.5 Å². The third-order valence-electron chi connectivity index (χ3n) is 3.28. The number of likely N-dealkylation sites (tertiary alicyclic amines) is 1. The molecule has 1 saturated heterocycles. The summed E-state index contributed by atoms with van der Waals surface area (Å²) in [6.45, 7) is 7.53. The zero-order valence-electron chi connectivity index (χ0n) is 12.4. The molecule has 1 aliphatic rings. The van der Waals surface area contributed by atoms with E-state index in [9.17, 15) is 4.79 Å². The van der Waals surface area contributed by atoms with E-state index in [1.54, 1.807) is 6.20 Å². The van der Waals surface area contributed by atoms with Crippen LogP contribution in [0.25, 0.3) is 0 Å². The summed E-state index contributed by atoms with van der Waals surface area (Å²) < 4.78 is 5.65. The summed E-state index contributed by atoms with van der Waals surface area (Å²) in [5, 5.41) is 3.21. The van der Waals surface area contributed by atoms with Crippen molar-refractivity contribution in [1.82, 2.24) is 9.88 Å². The lowest BCUT2D eigenvalue weighted by Crippen LogP contribution is -2.39. The van der Waals surface area contributed by atoms with Crippen molar-refractivity contribution in [3.8, 4) is 5.88 Å². The standard InChI is InChI=1S/C15H23N3O2/c1-11(2)20-14-13(7-6-8-16-14)17-12(3)15(19)18-9-4-5-10-18/h6-8,11-12,17H,4-5,9-10H2,1-3H3. The van der Waals surface area contributed by atoms with Crippen molar-refractivity contribution in [3.63, 3.8) is 0 Å². The van der Waals surface area contributed by atoms with Crippen LogP contribution in [0.5, 0.6) is 5.88 Å². The highest BCUT2D eigenvalue weighted by molar-refractivity contribution is 5.84. The molecule has 1 aromatic heterocycles. The molecule has 1 aromatic rings. The van der Waals surface area contributed by atoms with Gasteiger partial charge in [-0.2, -0.15) is 0 Å². The third kappa shape index (κ3) is 3.62. The average molecular weight is 277 g/mol. The summed E-state index contributed by atoms with van der Waals surface area (Å²) in [6, 6.07) is 3.45. The number of pyridine rings is 1. The molecule has 1 aliphatic heterocycles. The smallest absolute Gasteiger partial charge is 0.244 e. The first-order valence-corrected chi connectivity index (χ1v) is 7.25. The van der Waals surface area contributed by atoms with E-state index in [1.807, 2.05) is 37.8 Å². The summed E-state index contributed by atoms with van der Waals surface area (Å²) in [5.74, 6) is 0.686. The Kier molecular flexibility index (Phi) is 4.82. The van der Waals surface area contributed by atoms with Crippen LogP contribution in [0.15, 0.2) is 18.3 Å². The first-order chi connectivity index (χ1) is 9.58. The van der Waals surface area contributed by atoms with E-state index in [2.05, 4.69) is 10.3 Å². The van der Waals surface area contributed by atoms with Gasteiger partial charge >= 0.3 is 0 Å². The molecule has 1 fully saturated rings. The van der Waals surface area contributed by atoms with Gasteiger partial charge in [0.05, 0.1) is 11.8 Å². The molecule has 0 spiro atoms. The number of carbonyl (C=O) groups is 1. The number of aromatic nitrogens is 1. The molecule has 0 bridgehead atoms. The number of hydrogen-bond acceptors (Lipinski definition) is 4. The van der Waals surface area contributed by atoms with Crippen LogP contribution in [0.4, 0.5) is 5.69 Å². The maximum absolute atomic E-state index is 12.3. The van der Waals surface area contributed by atoms with Gasteiger partial charge in [-0.25, -0.2) is 4.98 Å². The molecule has 5 nitrogen and oxygen atoms in total. The third-order valence-corrected chi connectivity index (χ3v) is 3.28. The number of ether oxygens (including phenoxy) is 1. The van der Waals surface area contributed by atoms with Gasteiger partial charge < -0.3 is 15.0 Å². The van der Waals surface area contributed by atoms with Gasteiger partial charge in [-0.3, -0.25) is 4.79 Å². The van der Waals surface area contributed by atoms with Crippen LogP contribution in [0, 0.1) is 0 Å². The fraction of sp³-hybridized carbons (Fsp3) is 0.600. The van der Waals surface area contributed by atoms with Crippen molar-refractivity contribution in [2.45, 2.75) is 45.8 Å². The van der Waals surface area contributed by atoms with Gasteiger partial charge in [-0.15, -0.1) is 0 Å². The van der Waals surface area contributed by atoms with Gasteiger partial charge in [-0.1, -0.05) is 0 Å². The van der Waals surface area contributed by atoms with Crippen LogP contribution in [0.2, 0.25) is 0 Å². The Morgan fingerprint density at radius 3 is 2.70 bits per heavy atom. The van der Waals surface area contributed by atoms with E-state index in [4.69, 9.17) is 4.74 Å². The van der Waals surface area contributed by atoms with Gasteiger partial charge in [0.2, 0.25) is 11.8 Å².